The lowest BCUT2D eigenvalue weighted by molar-refractivity contribution is -0.0390. The highest BCUT2D eigenvalue weighted by atomic mass is 127. The van der Waals surface area contributed by atoms with Crippen LogP contribution in [0.15, 0.2) is 46.8 Å². The minimum Gasteiger partial charge on any atom is -0.381 e. The summed E-state index contributed by atoms with van der Waals surface area (Å²) in [6, 6.07) is 12.8. The van der Waals surface area contributed by atoms with Crippen molar-refractivity contribution in [2.24, 2.45) is 4.99 Å². The number of rotatable bonds is 8. The lowest BCUT2D eigenvalue weighted by atomic mass is 9.91. The summed E-state index contributed by atoms with van der Waals surface area (Å²) in [5.41, 5.74) is 2.49. The number of nitrogens with one attached hydrogen (secondary N) is 2. The van der Waals surface area contributed by atoms with Crippen molar-refractivity contribution in [3.05, 3.63) is 57.8 Å². The van der Waals surface area contributed by atoms with E-state index in [2.05, 4.69) is 71.3 Å². The number of halogens is 1. The second kappa shape index (κ2) is 12.6. The van der Waals surface area contributed by atoms with Crippen molar-refractivity contribution in [3.8, 4) is 0 Å². The van der Waals surface area contributed by atoms with Crippen molar-refractivity contribution < 1.29 is 9.47 Å². The molecule has 0 aliphatic carbocycles. The fraction of sp³-hybridized carbons (Fsp3) is 0.522. The average molecular weight is 544 g/mol. The molecule has 1 saturated heterocycles. The molecule has 0 saturated carbocycles. The Morgan fingerprint density at radius 2 is 1.93 bits per heavy atom. The maximum Gasteiger partial charge on any atom is 0.191 e. The lowest BCUT2D eigenvalue weighted by Crippen LogP contribution is -2.42. The van der Waals surface area contributed by atoms with Crippen LogP contribution in [0.2, 0.25) is 0 Å². The van der Waals surface area contributed by atoms with Crippen molar-refractivity contribution >= 4 is 41.3 Å². The number of guanidine groups is 1. The molecule has 1 aromatic carbocycles. The van der Waals surface area contributed by atoms with E-state index >= 15 is 0 Å². The fourth-order valence-electron chi connectivity index (χ4n) is 3.35. The maximum atomic E-state index is 6.05. The van der Waals surface area contributed by atoms with Crippen LogP contribution in [-0.2, 0) is 28.0 Å². The number of benzene rings is 1. The van der Waals surface area contributed by atoms with Crippen LogP contribution in [0.3, 0.4) is 0 Å². The minimum absolute atomic E-state index is 0. The zero-order valence-corrected chi connectivity index (χ0v) is 21.3. The van der Waals surface area contributed by atoms with Crippen LogP contribution in [-0.4, -0.2) is 38.9 Å². The first-order valence-corrected chi connectivity index (χ1v) is 11.2. The van der Waals surface area contributed by atoms with Crippen molar-refractivity contribution in [3.63, 3.8) is 0 Å². The van der Waals surface area contributed by atoms with Gasteiger partial charge in [-0.1, -0.05) is 44.2 Å². The number of ether oxygens (including phenoxy) is 2. The molecule has 1 aromatic heterocycles. The number of nitrogens with zero attached hydrogens (tertiary/aromatic N) is 1. The largest absolute Gasteiger partial charge is 0.381 e. The number of thiophene rings is 1. The van der Waals surface area contributed by atoms with E-state index in [1.165, 1.54) is 16.0 Å². The number of hydrogen-bond donors (Lipinski definition) is 2. The smallest absolute Gasteiger partial charge is 0.191 e. The van der Waals surface area contributed by atoms with E-state index < -0.39 is 0 Å². The quantitative estimate of drug-likeness (QED) is 0.288. The van der Waals surface area contributed by atoms with Gasteiger partial charge in [0.05, 0.1) is 12.7 Å². The van der Waals surface area contributed by atoms with Gasteiger partial charge in [-0.25, -0.2) is 0 Å². The van der Waals surface area contributed by atoms with E-state index in [9.17, 15) is 0 Å². The van der Waals surface area contributed by atoms with Crippen LogP contribution in [0.4, 0.5) is 0 Å². The van der Waals surface area contributed by atoms with E-state index in [1.54, 1.807) is 11.3 Å². The zero-order valence-electron chi connectivity index (χ0n) is 18.1. The summed E-state index contributed by atoms with van der Waals surface area (Å²) in [5, 5.41) is 9.01. The highest BCUT2D eigenvalue weighted by molar-refractivity contribution is 14.0. The number of hydrogen-bond acceptors (Lipinski definition) is 4. The molecule has 0 bridgehead atoms. The molecule has 166 valence electrons. The second-order valence-corrected chi connectivity index (χ2v) is 9.03. The first-order valence-electron chi connectivity index (χ1n) is 10.3. The predicted molar refractivity (Wildman–Crippen MR) is 136 cm³/mol. The van der Waals surface area contributed by atoms with Crippen LogP contribution in [0, 0.1) is 0 Å². The highest BCUT2D eigenvalue weighted by Gasteiger charge is 2.22. The second-order valence-electron chi connectivity index (χ2n) is 8.08. The molecule has 0 atom stereocenters. The van der Waals surface area contributed by atoms with E-state index in [-0.39, 0.29) is 29.4 Å². The predicted octanol–water partition coefficient (Wildman–Crippen LogP) is 4.70. The van der Waals surface area contributed by atoms with Gasteiger partial charge in [0.1, 0.15) is 0 Å². The van der Waals surface area contributed by atoms with Crippen molar-refractivity contribution in [1.29, 1.82) is 0 Å². The minimum atomic E-state index is 0. The number of aliphatic imine (C=N–C) groups is 1. The van der Waals surface area contributed by atoms with Crippen molar-refractivity contribution in [1.82, 2.24) is 10.6 Å². The Kier molecular flexibility index (Phi) is 10.6. The summed E-state index contributed by atoms with van der Waals surface area (Å²) < 4.78 is 11.4. The first kappa shape index (κ1) is 25.1. The fourth-order valence-corrected chi connectivity index (χ4v) is 4.20. The SMILES string of the molecule is CN=C(NCc1cccc(COC2CCOCC2)c1)NCC(C)(C)c1cccs1.I. The van der Waals surface area contributed by atoms with Crippen LogP contribution in [0.1, 0.15) is 42.7 Å². The zero-order chi connectivity index (χ0) is 20.5. The monoisotopic (exact) mass is 543 g/mol. The van der Waals surface area contributed by atoms with Gasteiger partial charge in [0.15, 0.2) is 5.96 Å². The van der Waals surface area contributed by atoms with Crippen LogP contribution < -0.4 is 10.6 Å². The molecule has 2 N–H and O–H groups in total. The molecule has 7 heteroatoms. The topological polar surface area (TPSA) is 54.9 Å². The van der Waals surface area contributed by atoms with Gasteiger partial charge in [-0.15, -0.1) is 35.3 Å². The molecule has 2 aromatic rings. The standard InChI is InChI=1S/C23H33N3O2S.HI/c1-23(2,21-8-5-13-29-21)17-26-22(24-3)25-15-18-6-4-7-19(14-18)16-28-20-9-11-27-12-10-20;/h4-8,13-14,20H,9-12,15-17H2,1-3H3,(H2,24,25,26);1H. The average Bonchev–Trinajstić information content (AvgIpc) is 3.29. The van der Waals surface area contributed by atoms with Gasteiger partial charge >= 0.3 is 0 Å². The molecule has 30 heavy (non-hydrogen) atoms. The third-order valence-electron chi connectivity index (χ3n) is 5.21. The molecule has 1 aliphatic rings. The summed E-state index contributed by atoms with van der Waals surface area (Å²) in [6.07, 6.45) is 2.30. The summed E-state index contributed by atoms with van der Waals surface area (Å²) >= 11 is 1.80. The Labute approximate surface area is 201 Å². The van der Waals surface area contributed by atoms with Gasteiger partial charge in [-0.2, -0.15) is 0 Å². The van der Waals surface area contributed by atoms with Crippen molar-refractivity contribution in [2.75, 3.05) is 26.8 Å². The molecular formula is C23H34IN3O2S. The maximum absolute atomic E-state index is 6.05. The van der Waals surface area contributed by atoms with Gasteiger partial charge in [0.2, 0.25) is 0 Å². The Morgan fingerprint density at radius 1 is 1.17 bits per heavy atom. The van der Waals surface area contributed by atoms with Gasteiger partial charge < -0.3 is 20.1 Å². The lowest BCUT2D eigenvalue weighted by Gasteiger charge is -2.25. The molecule has 0 radical (unpaired) electrons. The molecule has 0 unspecified atom stereocenters. The molecule has 5 nitrogen and oxygen atoms in total. The van der Waals surface area contributed by atoms with Crippen LogP contribution in [0.5, 0.6) is 0 Å². The Morgan fingerprint density at radius 3 is 2.63 bits per heavy atom. The summed E-state index contributed by atoms with van der Waals surface area (Å²) in [6.45, 7) is 8.33. The van der Waals surface area contributed by atoms with Crippen LogP contribution in [0.25, 0.3) is 0 Å². The van der Waals surface area contributed by atoms with E-state index in [0.717, 1.165) is 45.1 Å². The van der Waals surface area contributed by atoms with E-state index in [1.807, 2.05) is 7.05 Å². The van der Waals surface area contributed by atoms with Gasteiger partial charge in [0, 0.05) is 43.6 Å². The van der Waals surface area contributed by atoms with Gasteiger partial charge in [-0.05, 0) is 35.4 Å². The van der Waals surface area contributed by atoms with E-state index in [4.69, 9.17) is 9.47 Å². The molecule has 1 aliphatic heterocycles. The third kappa shape index (κ3) is 7.83. The summed E-state index contributed by atoms with van der Waals surface area (Å²) in [7, 11) is 1.81. The molecular weight excluding hydrogens is 509 g/mol. The molecule has 1 fully saturated rings. The van der Waals surface area contributed by atoms with Gasteiger partial charge in [-0.3, -0.25) is 4.99 Å². The molecule has 3 rings (SSSR count). The molecule has 0 amide bonds. The Balaban J connectivity index is 0.00000320. The third-order valence-corrected chi connectivity index (χ3v) is 6.45. The Hall–Kier alpha value is -1.16. The normalized spacial score (nSPS) is 15.5. The van der Waals surface area contributed by atoms with E-state index in [0.29, 0.717) is 12.7 Å². The highest BCUT2D eigenvalue weighted by Crippen LogP contribution is 2.26. The van der Waals surface area contributed by atoms with Crippen molar-refractivity contribution in [2.45, 2.75) is 51.4 Å². The Bertz CT molecular complexity index is 775. The summed E-state index contributed by atoms with van der Waals surface area (Å²) in [4.78, 5) is 5.74. The molecule has 2 heterocycles. The molecule has 0 spiro atoms. The van der Waals surface area contributed by atoms with Gasteiger partial charge in [0.25, 0.3) is 0 Å². The summed E-state index contributed by atoms with van der Waals surface area (Å²) in [5.74, 6) is 0.818. The first-order chi connectivity index (χ1) is 14.1. The van der Waals surface area contributed by atoms with Crippen LogP contribution >= 0.6 is 35.3 Å².